The van der Waals surface area contributed by atoms with Gasteiger partial charge in [-0.1, -0.05) is 24.3 Å². The second kappa shape index (κ2) is 8.87. The van der Waals surface area contributed by atoms with Crippen molar-refractivity contribution in [3.05, 3.63) is 63.7 Å². The molecule has 1 N–H and O–H groups in total. The highest BCUT2D eigenvalue weighted by Gasteiger charge is 2.37. The number of nitro benzene ring substituents is 1. The van der Waals surface area contributed by atoms with Crippen LogP contribution in [0.3, 0.4) is 0 Å². The van der Waals surface area contributed by atoms with E-state index >= 15 is 0 Å². The molecule has 2 aromatic carbocycles. The minimum absolute atomic E-state index is 0. The molecule has 1 saturated heterocycles. The van der Waals surface area contributed by atoms with Gasteiger partial charge in [0.25, 0.3) is 5.69 Å². The first-order valence-corrected chi connectivity index (χ1v) is 9.91. The molecule has 2 aromatic rings. The van der Waals surface area contributed by atoms with E-state index in [9.17, 15) is 18.5 Å². The molecule has 152 valence electrons. The summed E-state index contributed by atoms with van der Waals surface area (Å²) in [7, 11) is -2.40. The maximum atomic E-state index is 13.4. The molecule has 10 heteroatoms. The van der Waals surface area contributed by atoms with E-state index in [4.69, 9.17) is 4.74 Å². The van der Waals surface area contributed by atoms with Gasteiger partial charge in [0.2, 0.25) is 10.0 Å². The van der Waals surface area contributed by atoms with Crippen molar-refractivity contribution < 1.29 is 18.1 Å². The number of halogens is 1. The van der Waals surface area contributed by atoms with Gasteiger partial charge in [0.05, 0.1) is 23.0 Å². The van der Waals surface area contributed by atoms with Crippen molar-refractivity contribution in [3.63, 3.8) is 0 Å². The average Bonchev–Trinajstić information content (AvgIpc) is 2.67. The fourth-order valence-electron chi connectivity index (χ4n) is 3.39. The standard InChI is InChI=1S/C18H21N3O5S.ClH/c1-13-15(21(22)23)7-5-9-18(13)27(24,25)20-11-10-19-12-16(20)14-6-3-4-8-17(14)26-2;/h3-9,16,19H,10-12H2,1-2H3;1H. The molecule has 3 rings (SSSR count). The Morgan fingerprint density at radius 3 is 2.61 bits per heavy atom. The smallest absolute Gasteiger partial charge is 0.273 e. The Hall–Kier alpha value is -2.20. The van der Waals surface area contributed by atoms with E-state index in [2.05, 4.69) is 5.32 Å². The van der Waals surface area contributed by atoms with Crippen molar-refractivity contribution in [2.75, 3.05) is 26.7 Å². The molecule has 0 spiro atoms. The molecule has 0 bridgehead atoms. The molecule has 1 unspecified atom stereocenters. The van der Waals surface area contributed by atoms with Crippen LogP contribution in [0.4, 0.5) is 5.69 Å². The molecule has 0 aliphatic carbocycles. The number of hydrogen-bond acceptors (Lipinski definition) is 6. The van der Waals surface area contributed by atoms with Crippen molar-refractivity contribution >= 4 is 28.1 Å². The van der Waals surface area contributed by atoms with Crippen LogP contribution in [0, 0.1) is 17.0 Å². The zero-order valence-electron chi connectivity index (χ0n) is 15.5. The van der Waals surface area contributed by atoms with Gasteiger partial charge < -0.3 is 10.1 Å². The van der Waals surface area contributed by atoms with Crippen LogP contribution >= 0.6 is 12.4 Å². The summed E-state index contributed by atoms with van der Waals surface area (Å²) in [6.45, 7) is 2.64. The fourth-order valence-corrected chi connectivity index (χ4v) is 5.24. The highest BCUT2D eigenvalue weighted by atomic mass is 35.5. The summed E-state index contributed by atoms with van der Waals surface area (Å²) in [5.41, 5.74) is 0.679. The lowest BCUT2D eigenvalue weighted by atomic mass is 10.0. The summed E-state index contributed by atoms with van der Waals surface area (Å²) in [4.78, 5) is 10.6. The third-order valence-corrected chi connectivity index (χ3v) is 6.78. The first-order chi connectivity index (χ1) is 12.9. The normalized spacial score (nSPS) is 17.6. The van der Waals surface area contributed by atoms with Crippen LogP contribution in [0.5, 0.6) is 5.75 Å². The fraction of sp³-hybridized carbons (Fsp3) is 0.333. The highest BCUT2D eigenvalue weighted by Crippen LogP contribution is 2.35. The quantitative estimate of drug-likeness (QED) is 0.581. The molecule has 1 fully saturated rings. The van der Waals surface area contributed by atoms with Crippen LogP contribution in [0.25, 0.3) is 0 Å². The summed E-state index contributed by atoms with van der Waals surface area (Å²) < 4.78 is 33.6. The summed E-state index contributed by atoms with van der Waals surface area (Å²) in [6.07, 6.45) is 0. The molecule has 0 radical (unpaired) electrons. The highest BCUT2D eigenvalue weighted by molar-refractivity contribution is 7.89. The number of benzene rings is 2. The average molecular weight is 428 g/mol. The molecule has 8 nitrogen and oxygen atoms in total. The minimum Gasteiger partial charge on any atom is -0.496 e. The number of methoxy groups -OCH3 is 1. The number of sulfonamides is 1. The predicted octanol–water partition coefficient (Wildman–Crippen LogP) is 2.67. The second-order valence-electron chi connectivity index (χ2n) is 6.24. The SMILES string of the molecule is COc1ccccc1C1CNCCN1S(=O)(=O)c1cccc([N+](=O)[O-])c1C.Cl. The summed E-state index contributed by atoms with van der Waals surface area (Å²) in [5.74, 6) is 0.599. The number of nitrogens with zero attached hydrogens (tertiary/aromatic N) is 2. The Bertz CT molecular complexity index is 967. The van der Waals surface area contributed by atoms with Crippen molar-refractivity contribution in [1.82, 2.24) is 9.62 Å². The van der Waals surface area contributed by atoms with E-state index in [1.54, 1.807) is 13.2 Å². The lowest BCUT2D eigenvalue weighted by Crippen LogP contribution is -2.48. The van der Waals surface area contributed by atoms with E-state index in [1.807, 2.05) is 18.2 Å². The molecular formula is C18H22ClN3O5S. The van der Waals surface area contributed by atoms with Gasteiger partial charge in [-0.3, -0.25) is 10.1 Å². The third-order valence-electron chi connectivity index (χ3n) is 4.73. The van der Waals surface area contributed by atoms with Crippen molar-refractivity contribution in [3.8, 4) is 5.75 Å². The van der Waals surface area contributed by atoms with Crippen LogP contribution < -0.4 is 10.1 Å². The van der Waals surface area contributed by atoms with Gasteiger partial charge in [-0.25, -0.2) is 8.42 Å². The maximum Gasteiger partial charge on any atom is 0.273 e. The number of hydrogen-bond donors (Lipinski definition) is 1. The molecule has 28 heavy (non-hydrogen) atoms. The van der Waals surface area contributed by atoms with Crippen molar-refractivity contribution in [2.45, 2.75) is 17.9 Å². The Labute approximate surface area is 170 Å². The van der Waals surface area contributed by atoms with Crippen LogP contribution in [0.15, 0.2) is 47.4 Å². The number of piperazine rings is 1. The molecule has 1 heterocycles. The van der Waals surface area contributed by atoms with Crippen LogP contribution in [0.1, 0.15) is 17.2 Å². The van der Waals surface area contributed by atoms with Gasteiger partial charge in [-0.05, 0) is 19.1 Å². The predicted molar refractivity (Wildman–Crippen MR) is 108 cm³/mol. The minimum atomic E-state index is -3.94. The van der Waals surface area contributed by atoms with Crippen LogP contribution in [0.2, 0.25) is 0 Å². The molecule has 0 aromatic heterocycles. The molecular weight excluding hydrogens is 406 g/mol. The van der Waals surface area contributed by atoms with Gasteiger partial charge in [0.1, 0.15) is 5.75 Å². The lowest BCUT2D eigenvalue weighted by molar-refractivity contribution is -0.385. The van der Waals surface area contributed by atoms with Crippen molar-refractivity contribution in [1.29, 1.82) is 0 Å². The summed E-state index contributed by atoms with van der Waals surface area (Å²) in [5, 5.41) is 14.4. The Kier molecular flexibility index (Phi) is 7.00. The van der Waals surface area contributed by atoms with Crippen molar-refractivity contribution in [2.24, 2.45) is 0 Å². The lowest BCUT2D eigenvalue weighted by Gasteiger charge is -2.36. The molecule has 0 amide bonds. The van der Waals surface area contributed by atoms with Gasteiger partial charge in [-0.15, -0.1) is 12.4 Å². The number of ether oxygens (including phenoxy) is 1. The largest absolute Gasteiger partial charge is 0.496 e. The van der Waals surface area contributed by atoms with E-state index in [1.165, 1.54) is 29.4 Å². The number of nitro groups is 1. The van der Waals surface area contributed by atoms with Gasteiger partial charge in [0, 0.05) is 36.8 Å². The topological polar surface area (TPSA) is 102 Å². The Morgan fingerprint density at radius 2 is 1.93 bits per heavy atom. The van der Waals surface area contributed by atoms with Gasteiger partial charge in [0.15, 0.2) is 0 Å². The summed E-state index contributed by atoms with van der Waals surface area (Å²) >= 11 is 0. The maximum absolute atomic E-state index is 13.4. The number of para-hydroxylation sites is 1. The summed E-state index contributed by atoms with van der Waals surface area (Å²) in [6, 6.07) is 10.9. The van der Waals surface area contributed by atoms with E-state index in [-0.39, 0.29) is 35.1 Å². The zero-order valence-corrected chi connectivity index (χ0v) is 17.1. The Balaban J connectivity index is 0.00000280. The molecule has 1 aliphatic heterocycles. The Morgan fingerprint density at radius 1 is 1.21 bits per heavy atom. The van der Waals surface area contributed by atoms with Gasteiger partial charge in [-0.2, -0.15) is 4.31 Å². The van der Waals surface area contributed by atoms with E-state index < -0.39 is 21.0 Å². The third kappa shape index (κ3) is 3.97. The van der Waals surface area contributed by atoms with E-state index in [0.717, 1.165) is 5.56 Å². The van der Waals surface area contributed by atoms with Gasteiger partial charge >= 0.3 is 0 Å². The monoisotopic (exact) mass is 427 g/mol. The van der Waals surface area contributed by atoms with Crippen LogP contribution in [-0.4, -0.2) is 44.4 Å². The van der Waals surface area contributed by atoms with Crippen LogP contribution in [-0.2, 0) is 10.0 Å². The molecule has 0 saturated carbocycles. The van der Waals surface area contributed by atoms with E-state index in [0.29, 0.717) is 18.8 Å². The zero-order chi connectivity index (χ0) is 19.6. The number of nitrogens with one attached hydrogen (secondary N) is 1. The first kappa shape index (κ1) is 22.1. The first-order valence-electron chi connectivity index (χ1n) is 8.47. The molecule has 1 aliphatic rings. The number of rotatable bonds is 5. The molecule has 1 atom stereocenters. The second-order valence-corrected chi connectivity index (χ2v) is 8.09.